The average molecular weight is 230 g/mol. The summed E-state index contributed by atoms with van der Waals surface area (Å²) in [6, 6.07) is 9.67. The van der Waals surface area contributed by atoms with E-state index in [0.717, 1.165) is 29.9 Å². The zero-order chi connectivity index (χ0) is 12.3. The predicted octanol–water partition coefficient (Wildman–Crippen LogP) is 2.45. The molecule has 0 spiro atoms. The Morgan fingerprint density at radius 2 is 2.00 bits per heavy atom. The van der Waals surface area contributed by atoms with Gasteiger partial charge in [0.25, 0.3) is 0 Å². The van der Waals surface area contributed by atoms with Crippen molar-refractivity contribution in [2.24, 2.45) is 7.05 Å². The fraction of sp³-hybridized carbons (Fsp3) is 0.357. The van der Waals surface area contributed by atoms with Gasteiger partial charge >= 0.3 is 0 Å². The van der Waals surface area contributed by atoms with E-state index in [4.69, 9.17) is 0 Å². The van der Waals surface area contributed by atoms with Crippen molar-refractivity contribution in [3.05, 3.63) is 53.6 Å². The maximum absolute atomic E-state index is 10.3. The zero-order valence-corrected chi connectivity index (χ0v) is 10.3. The number of benzene rings is 1. The van der Waals surface area contributed by atoms with Crippen LogP contribution >= 0.6 is 0 Å². The van der Waals surface area contributed by atoms with E-state index in [0.29, 0.717) is 0 Å². The number of aliphatic hydroxyl groups excluding tert-OH is 1. The summed E-state index contributed by atoms with van der Waals surface area (Å²) in [5.74, 6) is 1.03. The molecule has 1 atom stereocenters. The van der Waals surface area contributed by atoms with Crippen molar-refractivity contribution in [1.82, 2.24) is 9.55 Å². The van der Waals surface area contributed by atoms with E-state index in [-0.39, 0.29) is 0 Å². The van der Waals surface area contributed by atoms with Crippen molar-refractivity contribution >= 4 is 0 Å². The summed E-state index contributed by atoms with van der Waals surface area (Å²) in [6.07, 6.45) is 3.17. The lowest BCUT2D eigenvalue weighted by atomic mass is 10.1. The molecule has 2 rings (SSSR count). The van der Waals surface area contributed by atoms with Crippen molar-refractivity contribution in [2.45, 2.75) is 25.9 Å². The van der Waals surface area contributed by atoms with Crippen LogP contribution in [0.1, 0.15) is 36.5 Å². The van der Waals surface area contributed by atoms with Gasteiger partial charge in [-0.3, -0.25) is 0 Å². The first kappa shape index (κ1) is 11.9. The number of aliphatic hydroxyl groups is 1. The molecule has 0 saturated heterocycles. The van der Waals surface area contributed by atoms with E-state index in [2.05, 4.69) is 11.9 Å². The number of hydrogen-bond donors (Lipinski definition) is 1. The molecular formula is C14H18N2O. The molecule has 3 heteroatoms. The molecule has 0 radical (unpaired) electrons. The molecule has 2 aromatic rings. The van der Waals surface area contributed by atoms with E-state index in [1.54, 1.807) is 6.20 Å². The Labute approximate surface area is 102 Å². The lowest BCUT2D eigenvalue weighted by Crippen LogP contribution is -2.07. The molecule has 1 aromatic heterocycles. The summed E-state index contributed by atoms with van der Waals surface area (Å²) in [5.41, 5.74) is 1.75. The molecular weight excluding hydrogens is 212 g/mol. The van der Waals surface area contributed by atoms with Crippen molar-refractivity contribution in [1.29, 1.82) is 0 Å². The fourth-order valence-electron chi connectivity index (χ4n) is 1.98. The first-order chi connectivity index (χ1) is 8.24. The number of rotatable bonds is 4. The minimum absolute atomic E-state index is 0.598. The number of imidazole rings is 1. The number of nitrogens with zero attached hydrogens (tertiary/aromatic N) is 2. The molecule has 0 aliphatic rings. The van der Waals surface area contributed by atoms with Gasteiger partial charge in [-0.2, -0.15) is 0 Å². The van der Waals surface area contributed by atoms with Crippen LogP contribution in [-0.4, -0.2) is 14.7 Å². The van der Waals surface area contributed by atoms with Crippen LogP contribution in [0.5, 0.6) is 0 Å². The van der Waals surface area contributed by atoms with Crippen LogP contribution in [0.25, 0.3) is 0 Å². The SMILES string of the molecule is CCCc1ncc(C(O)c2ccccc2)n1C. The van der Waals surface area contributed by atoms with Gasteiger partial charge in [-0.05, 0) is 12.0 Å². The number of aryl methyl sites for hydroxylation is 1. The second-order valence-corrected chi connectivity index (χ2v) is 4.22. The van der Waals surface area contributed by atoms with E-state index in [9.17, 15) is 5.11 Å². The molecule has 0 amide bonds. The third-order valence-electron chi connectivity index (χ3n) is 2.99. The molecule has 0 bridgehead atoms. The topological polar surface area (TPSA) is 38.1 Å². The van der Waals surface area contributed by atoms with Crippen molar-refractivity contribution in [3.63, 3.8) is 0 Å². The summed E-state index contributed by atoms with van der Waals surface area (Å²) < 4.78 is 1.99. The monoisotopic (exact) mass is 230 g/mol. The molecule has 0 saturated carbocycles. The standard InChI is InChI=1S/C14H18N2O/c1-3-7-13-15-10-12(16(13)2)14(17)11-8-5-4-6-9-11/h4-6,8-10,14,17H,3,7H2,1-2H3. The molecule has 0 aliphatic heterocycles. The Kier molecular flexibility index (Phi) is 3.59. The van der Waals surface area contributed by atoms with Gasteiger partial charge in [0.15, 0.2) is 0 Å². The highest BCUT2D eigenvalue weighted by Crippen LogP contribution is 2.22. The summed E-state index contributed by atoms with van der Waals surface area (Å²) in [7, 11) is 1.96. The second kappa shape index (κ2) is 5.15. The van der Waals surface area contributed by atoms with Crippen LogP contribution in [0, 0.1) is 0 Å². The molecule has 1 heterocycles. The Bertz CT molecular complexity index is 476. The maximum atomic E-state index is 10.3. The Hall–Kier alpha value is -1.61. The smallest absolute Gasteiger partial charge is 0.121 e. The zero-order valence-electron chi connectivity index (χ0n) is 10.3. The maximum Gasteiger partial charge on any atom is 0.121 e. The average Bonchev–Trinajstić information content (AvgIpc) is 2.72. The van der Waals surface area contributed by atoms with E-state index in [1.165, 1.54) is 0 Å². The Balaban J connectivity index is 2.28. The van der Waals surface area contributed by atoms with Gasteiger partial charge in [-0.15, -0.1) is 0 Å². The third kappa shape index (κ3) is 2.39. The molecule has 17 heavy (non-hydrogen) atoms. The summed E-state index contributed by atoms with van der Waals surface area (Å²) in [5, 5.41) is 10.3. The minimum atomic E-state index is -0.598. The van der Waals surface area contributed by atoms with E-state index < -0.39 is 6.10 Å². The van der Waals surface area contributed by atoms with Gasteiger partial charge < -0.3 is 9.67 Å². The Morgan fingerprint density at radius 1 is 1.29 bits per heavy atom. The van der Waals surface area contributed by atoms with E-state index >= 15 is 0 Å². The molecule has 1 aromatic carbocycles. The van der Waals surface area contributed by atoms with Crippen LogP contribution in [0.3, 0.4) is 0 Å². The van der Waals surface area contributed by atoms with Crippen LogP contribution in [0.4, 0.5) is 0 Å². The van der Waals surface area contributed by atoms with Gasteiger partial charge in [0.2, 0.25) is 0 Å². The van der Waals surface area contributed by atoms with Crippen LogP contribution < -0.4 is 0 Å². The normalized spacial score (nSPS) is 12.6. The predicted molar refractivity (Wildman–Crippen MR) is 67.7 cm³/mol. The highest BCUT2D eigenvalue weighted by molar-refractivity contribution is 5.25. The van der Waals surface area contributed by atoms with Gasteiger partial charge in [0.05, 0.1) is 11.9 Å². The lowest BCUT2D eigenvalue weighted by Gasteiger charge is -2.12. The van der Waals surface area contributed by atoms with Gasteiger partial charge in [-0.25, -0.2) is 4.98 Å². The van der Waals surface area contributed by atoms with Crippen molar-refractivity contribution in [3.8, 4) is 0 Å². The minimum Gasteiger partial charge on any atom is -0.382 e. The number of aromatic nitrogens is 2. The fourth-order valence-corrected chi connectivity index (χ4v) is 1.98. The largest absolute Gasteiger partial charge is 0.382 e. The van der Waals surface area contributed by atoms with Crippen LogP contribution in [-0.2, 0) is 13.5 Å². The molecule has 3 nitrogen and oxygen atoms in total. The van der Waals surface area contributed by atoms with Crippen molar-refractivity contribution < 1.29 is 5.11 Å². The molecule has 0 fully saturated rings. The lowest BCUT2D eigenvalue weighted by molar-refractivity contribution is 0.211. The molecule has 1 unspecified atom stereocenters. The van der Waals surface area contributed by atoms with Gasteiger partial charge in [0, 0.05) is 13.5 Å². The second-order valence-electron chi connectivity index (χ2n) is 4.22. The first-order valence-corrected chi connectivity index (χ1v) is 5.97. The molecule has 90 valence electrons. The third-order valence-corrected chi connectivity index (χ3v) is 2.99. The quantitative estimate of drug-likeness (QED) is 0.876. The highest BCUT2D eigenvalue weighted by atomic mass is 16.3. The van der Waals surface area contributed by atoms with Crippen molar-refractivity contribution in [2.75, 3.05) is 0 Å². The van der Waals surface area contributed by atoms with Crippen LogP contribution in [0.15, 0.2) is 36.5 Å². The summed E-state index contributed by atoms with van der Waals surface area (Å²) >= 11 is 0. The summed E-state index contributed by atoms with van der Waals surface area (Å²) in [6.45, 7) is 2.13. The van der Waals surface area contributed by atoms with Gasteiger partial charge in [0.1, 0.15) is 11.9 Å². The first-order valence-electron chi connectivity index (χ1n) is 5.97. The summed E-state index contributed by atoms with van der Waals surface area (Å²) in [4.78, 5) is 4.36. The Morgan fingerprint density at radius 3 is 2.65 bits per heavy atom. The number of hydrogen-bond acceptors (Lipinski definition) is 2. The van der Waals surface area contributed by atoms with Gasteiger partial charge in [-0.1, -0.05) is 37.3 Å². The molecule has 1 N–H and O–H groups in total. The van der Waals surface area contributed by atoms with Crippen LogP contribution in [0.2, 0.25) is 0 Å². The highest BCUT2D eigenvalue weighted by Gasteiger charge is 2.15. The van der Waals surface area contributed by atoms with E-state index in [1.807, 2.05) is 41.9 Å². The molecule has 0 aliphatic carbocycles.